The Morgan fingerprint density at radius 2 is 2.00 bits per heavy atom. The predicted octanol–water partition coefficient (Wildman–Crippen LogP) is 0.440. The first-order valence-corrected chi connectivity index (χ1v) is 7.43. The van der Waals surface area contributed by atoms with Gasteiger partial charge < -0.3 is 16.0 Å². The molecule has 2 amide bonds. The van der Waals surface area contributed by atoms with E-state index in [1.807, 2.05) is 18.7 Å². The number of amides is 2. The van der Waals surface area contributed by atoms with Gasteiger partial charge in [-0.1, -0.05) is 6.92 Å². The fraction of sp³-hybridized carbons (Fsp3) is 0.833. The van der Waals surface area contributed by atoms with Crippen molar-refractivity contribution in [3.05, 3.63) is 0 Å². The molecule has 2 unspecified atom stereocenters. The topological polar surface area (TPSA) is 75.4 Å². The average Bonchev–Trinajstić information content (AvgIpc) is 2.34. The van der Waals surface area contributed by atoms with Crippen molar-refractivity contribution in [2.45, 2.75) is 39.3 Å². The molecule has 0 fully saturated rings. The van der Waals surface area contributed by atoms with Gasteiger partial charge in [-0.15, -0.1) is 0 Å². The number of carbonyl (C=O) groups excluding carboxylic acids is 2. The Kier molecular flexibility index (Phi) is 8.83. The van der Waals surface area contributed by atoms with Crippen molar-refractivity contribution in [1.29, 1.82) is 0 Å². The van der Waals surface area contributed by atoms with Gasteiger partial charge >= 0.3 is 11.8 Å². The highest BCUT2D eigenvalue weighted by Crippen LogP contribution is 2.08. The number of nitrogens with zero attached hydrogens (tertiary/aromatic N) is 1. The molecule has 0 radical (unpaired) electrons. The highest BCUT2D eigenvalue weighted by molar-refractivity contribution is 7.99. The summed E-state index contributed by atoms with van der Waals surface area (Å²) in [6.45, 7) is 6.15. The lowest BCUT2D eigenvalue weighted by Crippen LogP contribution is -2.47. The number of hydrogen-bond donors (Lipinski definition) is 2. The summed E-state index contributed by atoms with van der Waals surface area (Å²) >= 11 is 1.83. The second-order valence-electron chi connectivity index (χ2n) is 4.44. The Morgan fingerprint density at radius 1 is 1.39 bits per heavy atom. The molecule has 106 valence electrons. The lowest BCUT2D eigenvalue weighted by molar-refractivity contribution is -0.146. The maximum atomic E-state index is 11.8. The van der Waals surface area contributed by atoms with Crippen LogP contribution in [0.2, 0.25) is 0 Å². The summed E-state index contributed by atoms with van der Waals surface area (Å²) in [6, 6.07) is -0.0805. The van der Waals surface area contributed by atoms with Crippen LogP contribution in [-0.2, 0) is 9.59 Å². The molecule has 0 aliphatic carbocycles. The summed E-state index contributed by atoms with van der Waals surface area (Å²) in [5.41, 5.74) is 5.52. The second kappa shape index (κ2) is 9.22. The zero-order chi connectivity index (χ0) is 14.1. The van der Waals surface area contributed by atoms with Crippen molar-refractivity contribution in [1.82, 2.24) is 10.2 Å². The lowest BCUT2D eigenvalue weighted by atomic mass is 10.2. The van der Waals surface area contributed by atoms with E-state index in [-0.39, 0.29) is 12.1 Å². The molecule has 0 aromatic rings. The van der Waals surface area contributed by atoms with E-state index in [1.165, 1.54) is 4.90 Å². The van der Waals surface area contributed by atoms with Gasteiger partial charge in [0, 0.05) is 25.7 Å². The maximum Gasteiger partial charge on any atom is 0.311 e. The van der Waals surface area contributed by atoms with Gasteiger partial charge in [0.25, 0.3) is 0 Å². The summed E-state index contributed by atoms with van der Waals surface area (Å²) in [4.78, 5) is 24.8. The van der Waals surface area contributed by atoms with Gasteiger partial charge in [-0.25, -0.2) is 0 Å². The number of carbonyl (C=O) groups is 2. The minimum Gasteiger partial charge on any atom is -0.346 e. The third-order valence-electron chi connectivity index (χ3n) is 2.64. The summed E-state index contributed by atoms with van der Waals surface area (Å²) < 4.78 is 0. The molecule has 0 aliphatic heterocycles. The third-order valence-corrected chi connectivity index (χ3v) is 3.58. The number of nitrogens with two attached hydrogens (primary N) is 1. The molecule has 0 rings (SSSR count). The normalized spacial score (nSPS) is 13.8. The van der Waals surface area contributed by atoms with Gasteiger partial charge in [0.2, 0.25) is 0 Å². The highest BCUT2D eigenvalue weighted by atomic mass is 32.2. The molecule has 0 bridgehead atoms. The fourth-order valence-electron chi connectivity index (χ4n) is 1.28. The molecule has 5 nitrogen and oxygen atoms in total. The highest BCUT2D eigenvalue weighted by Gasteiger charge is 2.22. The van der Waals surface area contributed by atoms with Crippen molar-refractivity contribution < 1.29 is 9.59 Å². The average molecular weight is 275 g/mol. The van der Waals surface area contributed by atoms with Crippen LogP contribution in [0.5, 0.6) is 0 Å². The number of rotatable bonds is 7. The van der Waals surface area contributed by atoms with Crippen LogP contribution < -0.4 is 11.1 Å². The van der Waals surface area contributed by atoms with Crippen LogP contribution in [0.15, 0.2) is 0 Å². The van der Waals surface area contributed by atoms with E-state index < -0.39 is 11.8 Å². The van der Waals surface area contributed by atoms with Crippen LogP contribution in [-0.4, -0.2) is 53.9 Å². The molecule has 0 saturated carbocycles. The summed E-state index contributed by atoms with van der Waals surface area (Å²) in [6.07, 6.45) is 0.890. The van der Waals surface area contributed by atoms with Crippen molar-refractivity contribution in [3.8, 4) is 0 Å². The van der Waals surface area contributed by atoms with Gasteiger partial charge in [0.15, 0.2) is 0 Å². The zero-order valence-electron chi connectivity index (χ0n) is 11.7. The quantitative estimate of drug-likeness (QED) is 0.522. The van der Waals surface area contributed by atoms with Crippen LogP contribution in [0.25, 0.3) is 0 Å². The van der Waals surface area contributed by atoms with E-state index in [2.05, 4.69) is 12.2 Å². The molecule has 0 saturated heterocycles. The molecule has 0 aromatic heterocycles. The molecule has 18 heavy (non-hydrogen) atoms. The summed E-state index contributed by atoms with van der Waals surface area (Å²) in [5.74, 6) is 0.991. The molecule has 0 aromatic carbocycles. The molecule has 0 aliphatic rings. The van der Waals surface area contributed by atoms with E-state index in [1.54, 1.807) is 14.0 Å². The molecule has 3 N–H and O–H groups in total. The van der Waals surface area contributed by atoms with Gasteiger partial charge in [-0.2, -0.15) is 11.8 Å². The van der Waals surface area contributed by atoms with Crippen LogP contribution in [0.1, 0.15) is 27.2 Å². The number of nitrogens with one attached hydrogen (secondary N) is 1. The lowest BCUT2D eigenvalue weighted by Gasteiger charge is -2.24. The molecule has 6 heteroatoms. The largest absolute Gasteiger partial charge is 0.346 e. The van der Waals surface area contributed by atoms with E-state index in [0.717, 1.165) is 17.9 Å². The van der Waals surface area contributed by atoms with Crippen molar-refractivity contribution in [2.75, 3.05) is 25.1 Å². The van der Waals surface area contributed by atoms with E-state index in [4.69, 9.17) is 5.73 Å². The van der Waals surface area contributed by atoms with Crippen LogP contribution in [0, 0.1) is 0 Å². The summed E-state index contributed by atoms with van der Waals surface area (Å²) in [7, 11) is 1.66. The monoisotopic (exact) mass is 275 g/mol. The van der Waals surface area contributed by atoms with Crippen molar-refractivity contribution >= 4 is 23.6 Å². The van der Waals surface area contributed by atoms with E-state index in [0.29, 0.717) is 6.54 Å². The minimum atomic E-state index is -0.579. The molecule has 0 spiro atoms. The standard InChI is InChI=1S/C12H25N3O2S/c1-5-18-7-6-10(3)15(4)12(17)11(16)14-8-9(2)13/h9-10H,5-8,13H2,1-4H3,(H,14,16). The Bertz CT molecular complexity index is 272. The Hall–Kier alpha value is -0.750. The van der Waals surface area contributed by atoms with Crippen molar-refractivity contribution in [2.24, 2.45) is 5.73 Å². The van der Waals surface area contributed by atoms with Crippen LogP contribution in [0.4, 0.5) is 0 Å². The van der Waals surface area contributed by atoms with E-state index >= 15 is 0 Å². The van der Waals surface area contributed by atoms with Gasteiger partial charge in [0.1, 0.15) is 0 Å². The fourth-order valence-corrected chi connectivity index (χ4v) is 2.08. The SMILES string of the molecule is CCSCCC(C)N(C)C(=O)C(=O)NCC(C)N. The molecule has 0 heterocycles. The first kappa shape index (κ1) is 17.2. The van der Waals surface area contributed by atoms with Gasteiger partial charge in [-0.05, 0) is 31.8 Å². The first-order valence-electron chi connectivity index (χ1n) is 6.28. The zero-order valence-corrected chi connectivity index (χ0v) is 12.5. The summed E-state index contributed by atoms with van der Waals surface area (Å²) in [5, 5.41) is 2.52. The number of hydrogen-bond acceptors (Lipinski definition) is 4. The van der Waals surface area contributed by atoms with Crippen molar-refractivity contribution in [3.63, 3.8) is 0 Å². The smallest absolute Gasteiger partial charge is 0.311 e. The third kappa shape index (κ3) is 6.86. The van der Waals surface area contributed by atoms with E-state index in [9.17, 15) is 9.59 Å². The first-order chi connectivity index (χ1) is 8.40. The molecular formula is C12H25N3O2S. The number of likely N-dealkylation sites (N-methyl/N-ethyl adjacent to an activating group) is 1. The van der Waals surface area contributed by atoms with Gasteiger partial charge in [-0.3, -0.25) is 9.59 Å². The number of thioether (sulfide) groups is 1. The maximum absolute atomic E-state index is 11.8. The molecule has 2 atom stereocenters. The van der Waals surface area contributed by atoms with Gasteiger partial charge in [0.05, 0.1) is 0 Å². The Labute approximate surface area is 114 Å². The predicted molar refractivity (Wildman–Crippen MR) is 76.5 cm³/mol. The van der Waals surface area contributed by atoms with Crippen LogP contribution in [0.3, 0.4) is 0 Å². The Morgan fingerprint density at radius 3 is 2.50 bits per heavy atom. The molecular weight excluding hydrogens is 250 g/mol. The van der Waals surface area contributed by atoms with Crippen LogP contribution >= 0.6 is 11.8 Å². The Balaban J connectivity index is 4.10. The second-order valence-corrected chi connectivity index (χ2v) is 5.83. The minimum absolute atomic E-state index is 0.0672.